The van der Waals surface area contributed by atoms with Crippen molar-refractivity contribution in [3.63, 3.8) is 0 Å². The number of hydrogen-bond donors (Lipinski definition) is 1. The lowest BCUT2D eigenvalue weighted by Crippen LogP contribution is -2.37. The summed E-state index contributed by atoms with van der Waals surface area (Å²) >= 11 is 1.43. The van der Waals surface area contributed by atoms with E-state index in [1.54, 1.807) is 7.05 Å². The van der Waals surface area contributed by atoms with Gasteiger partial charge in [0.05, 0.1) is 0 Å². The van der Waals surface area contributed by atoms with Crippen LogP contribution in [-0.4, -0.2) is 25.8 Å². The van der Waals surface area contributed by atoms with Crippen molar-refractivity contribution in [1.29, 1.82) is 0 Å². The summed E-state index contributed by atoms with van der Waals surface area (Å²) in [6.07, 6.45) is 2.26. The third-order valence-corrected chi connectivity index (χ3v) is 7.12. The molecule has 1 aliphatic carbocycles. The zero-order valence-corrected chi connectivity index (χ0v) is 12.6. The van der Waals surface area contributed by atoms with Gasteiger partial charge in [-0.05, 0) is 43.6 Å². The van der Waals surface area contributed by atoms with E-state index in [0.29, 0.717) is 10.8 Å². The summed E-state index contributed by atoms with van der Waals surface area (Å²) in [6.45, 7) is 4.09. The quantitative estimate of drug-likeness (QED) is 0.900. The first-order chi connectivity index (χ1) is 8.39. The SMILES string of the molecule is Cc1csc(CN)c1S(=O)(=O)N(C)C(C)C1CC1. The lowest BCUT2D eigenvalue weighted by molar-refractivity contribution is 0.356. The van der Waals surface area contributed by atoms with Crippen LogP contribution in [0.15, 0.2) is 10.3 Å². The zero-order valence-electron chi connectivity index (χ0n) is 11.0. The Hall–Kier alpha value is -0.430. The van der Waals surface area contributed by atoms with Crippen molar-refractivity contribution in [2.75, 3.05) is 7.05 Å². The number of rotatable bonds is 5. The fourth-order valence-electron chi connectivity index (χ4n) is 2.21. The Morgan fingerprint density at radius 1 is 1.56 bits per heavy atom. The molecule has 2 N–H and O–H groups in total. The second kappa shape index (κ2) is 4.92. The minimum Gasteiger partial charge on any atom is -0.326 e. The number of hydrogen-bond acceptors (Lipinski definition) is 4. The molecule has 1 unspecified atom stereocenters. The first-order valence-electron chi connectivity index (χ1n) is 6.14. The summed E-state index contributed by atoms with van der Waals surface area (Å²) in [5, 5.41) is 1.87. The fraction of sp³-hybridized carbons (Fsp3) is 0.667. The lowest BCUT2D eigenvalue weighted by atomic mass is 10.2. The first-order valence-corrected chi connectivity index (χ1v) is 8.46. The van der Waals surface area contributed by atoms with Gasteiger partial charge in [-0.2, -0.15) is 4.31 Å². The molecule has 0 amide bonds. The third kappa shape index (κ3) is 2.34. The number of nitrogens with zero attached hydrogens (tertiary/aromatic N) is 1. The Bertz CT molecular complexity index is 532. The van der Waals surface area contributed by atoms with Gasteiger partial charge in [0.15, 0.2) is 0 Å². The van der Waals surface area contributed by atoms with Crippen LogP contribution in [0.4, 0.5) is 0 Å². The van der Waals surface area contributed by atoms with Gasteiger partial charge < -0.3 is 5.73 Å². The van der Waals surface area contributed by atoms with E-state index in [-0.39, 0.29) is 12.6 Å². The maximum atomic E-state index is 12.6. The van der Waals surface area contributed by atoms with Crippen LogP contribution in [0.5, 0.6) is 0 Å². The van der Waals surface area contributed by atoms with Crippen molar-refractivity contribution in [2.24, 2.45) is 11.7 Å². The van der Waals surface area contributed by atoms with Gasteiger partial charge in [0.1, 0.15) is 4.90 Å². The van der Waals surface area contributed by atoms with Crippen LogP contribution >= 0.6 is 11.3 Å². The topological polar surface area (TPSA) is 63.4 Å². The maximum absolute atomic E-state index is 12.6. The Labute approximate surface area is 113 Å². The molecular weight excluding hydrogens is 268 g/mol. The van der Waals surface area contributed by atoms with Crippen LogP contribution in [0.1, 0.15) is 30.2 Å². The highest BCUT2D eigenvalue weighted by Crippen LogP contribution is 2.37. The van der Waals surface area contributed by atoms with Gasteiger partial charge in [0, 0.05) is 24.5 Å². The van der Waals surface area contributed by atoms with E-state index in [9.17, 15) is 8.42 Å². The van der Waals surface area contributed by atoms with Gasteiger partial charge in [-0.25, -0.2) is 8.42 Å². The van der Waals surface area contributed by atoms with Crippen LogP contribution in [0.3, 0.4) is 0 Å². The summed E-state index contributed by atoms with van der Waals surface area (Å²) < 4.78 is 26.8. The Morgan fingerprint density at radius 2 is 2.17 bits per heavy atom. The zero-order chi connectivity index (χ0) is 13.5. The first kappa shape index (κ1) is 14.0. The predicted molar refractivity (Wildman–Crippen MR) is 74.1 cm³/mol. The van der Waals surface area contributed by atoms with Crippen LogP contribution in [-0.2, 0) is 16.6 Å². The molecule has 1 saturated carbocycles. The molecule has 1 aliphatic rings. The lowest BCUT2D eigenvalue weighted by Gasteiger charge is -2.24. The molecule has 0 spiro atoms. The Morgan fingerprint density at radius 3 is 2.67 bits per heavy atom. The molecule has 1 heterocycles. The average Bonchev–Trinajstić information content (AvgIpc) is 3.10. The summed E-state index contributed by atoms with van der Waals surface area (Å²) in [5.41, 5.74) is 6.44. The molecule has 1 aromatic rings. The van der Waals surface area contributed by atoms with Crippen molar-refractivity contribution < 1.29 is 8.42 Å². The van der Waals surface area contributed by atoms with Gasteiger partial charge in [-0.3, -0.25) is 0 Å². The van der Waals surface area contributed by atoms with Gasteiger partial charge in [0.2, 0.25) is 10.0 Å². The monoisotopic (exact) mass is 288 g/mol. The maximum Gasteiger partial charge on any atom is 0.244 e. The van der Waals surface area contributed by atoms with E-state index in [1.165, 1.54) is 15.6 Å². The Kier molecular flexibility index (Phi) is 3.82. The summed E-state index contributed by atoms with van der Waals surface area (Å²) in [6, 6.07) is 0.0694. The van der Waals surface area contributed by atoms with Crippen LogP contribution in [0, 0.1) is 12.8 Å². The molecule has 2 rings (SSSR count). The number of aryl methyl sites for hydroxylation is 1. The molecule has 6 heteroatoms. The van der Waals surface area contributed by atoms with E-state index >= 15 is 0 Å². The largest absolute Gasteiger partial charge is 0.326 e. The predicted octanol–water partition coefficient (Wildman–Crippen LogP) is 1.93. The molecular formula is C12H20N2O2S2. The summed E-state index contributed by atoms with van der Waals surface area (Å²) in [5.74, 6) is 0.519. The second-order valence-corrected chi connectivity index (χ2v) is 7.87. The van der Waals surface area contributed by atoms with Crippen molar-refractivity contribution in [2.45, 2.75) is 44.2 Å². The molecule has 18 heavy (non-hydrogen) atoms. The summed E-state index contributed by atoms with van der Waals surface area (Å²) in [4.78, 5) is 1.17. The number of nitrogens with two attached hydrogens (primary N) is 1. The molecule has 0 aromatic carbocycles. The molecule has 0 radical (unpaired) electrons. The normalized spacial score (nSPS) is 18.3. The van der Waals surface area contributed by atoms with E-state index < -0.39 is 10.0 Å². The third-order valence-electron chi connectivity index (χ3n) is 3.69. The van der Waals surface area contributed by atoms with E-state index in [2.05, 4.69) is 0 Å². The van der Waals surface area contributed by atoms with Crippen LogP contribution in [0.25, 0.3) is 0 Å². The molecule has 0 saturated heterocycles. The highest BCUT2D eigenvalue weighted by molar-refractivity contribution is 7.89. The van der Waals surface area contributed by atoms with Crippen LogP contribution < -0.4 is 5.73 Å². The molecule has 4 nitrogen and oxygen atoms in total. The molecule has 1 aromatic heterocycles. The summed E-state index contributed by atoms with van der Waals surface area (Å²) in [7, 11) is -1.73. The second-order valence-electron chi connectivity index (χ2n) is 4.97. The molecule has 0 aliphatic heterocycles. The van der Waals surface area contributed by atoms with Gasteiger partial charge in [0.25, 0.3) is 0 Å². The number of thiophene rings is 1. The van der Waals surface area contributed by atoms with Crippen LogP contribution in [0.2, 0.25) is 0 Å². The minimum absolute atomic E-state index is 0.0694. The average molecular weight is 288 g/mol. The highest BCUT2D eigenvalue weighted by atomic mass is 32.2. The fourth-order valence-corrected chi connectivity index (χ4v) is 5.28. The van der Waals surface area contributed by atoms with Gasteiger partial charge >= 0.3 is 0 Å². The molecule has 1 atom stereocenters. The van der Waals surface area contributed by atoms with E-state index in [1.807, 2.05) is 19.2 Å². The Balaban J connectivity index is 2.37. The standard InChI is InChI=1S/C12H20N2O2S2/c1-8-7-17-11(6-13)12(8)18(15,16)14(3)9(2)10-4-5-10/h7,9-10H,4-6,13H2,1-3H3. The van der Waals surface area contributed by atoms with E-state index in [0.717, 1.165) is 23.3 Å². The highest BCUT2D eigenvalue weighted by Gasteiger charge is 2.37. The molecule has 102 valence electrons. The van der Waals surface area contributed by atoms with Gasteiger partial charge in [-0.15, -0.1) is 11.3 Å². The van der Waals surface area contributed by atoms with Crippen molar-refractivity contribution in [3.05, 3.63) is 15.8 Å². The van der Waals surface area contributed by atoms with Crippen molar-refractivity contribution in [1.82, 2.24) is 4.31 Å². The smallest absolute Gasteiger partial charge is 0.244 e. The van der Waals surface area contributed by atoms with Crippen molar-refractivity contribution >= 4 is 21.4 Å². The molecule has 1 fully saturated rings. The minimum atomic E-state index is -3.41. The molecule has 0 bridgehead atoms. The van der Waals surface area contributed by atoms with E-state index in [4.69, 9.17) is 5.73 Å². The number of sulfonamides is 1. The van der Waals surface area contributed by atoms with Crippen molar-refractivity contribution in [3.8, 4) is 0 Å². The van der Waals surface area contributed by atoms with Gasteiger partial charge in [-0.1, -0.05) is 0 Å².